The van der Waals surface area contributed by atoms with Crippen LogP contribution in [0.4, 0.5) is 8.78 Å². The summed E-state index contributed by atoms with van der Waals surface area (Å²) in [5, 5.41) is 1.86. The van der Waals surface area contributed by atoms with Gasteiger partial charge in [-0.25, -0.2) is 22.2 Å². The lowest BCUT2D eigenvalue weighted by Gasteiger charge is -2.09. The normalized spacial score (nSPS) is 12.0. The molecule has 0 fully saturated rings. The molecule has 0 aliphatic rings. The molecule has 0 radical (unpaired) electrons. The standard InChI is InChI=1S/C19H13ClF2N2O2S3/c1-27-19-17(5-6-28-19)29(25,26)11-7-13(20)18-16(8-11)24(10-23-18)9-12-14(21)3-2-4-15(12)22/h2-8,10H,9H2,1H3. The van der Waals surface area contributed by atoms with Gasteiger partial charge < -0.3 is 4.57 Å². The van der Waals surface area contributed by atoms with Gasteiger partial charge in [0.15, 0.2) is 0 Å². The van der Waals surface area contributed by atoms with E-state index in [1.54, 1.807) is 17.7 Å². The zero-order chi connectivity index (χ0) is 20.8. The molecule has 29 heavy (non-hydrogen) atoms. The van der Waals surface area contributed by atoms with Crippen LogP contribution in [0.25, 0.3) is 11.0 Å². The highest BCUT2D eigenvalue weighted by Crippen LogP contribution is 2.36. The number of sulfone groups is 1. The zero-order valence-electron chi connectivity index (χ0n) is 14.9. The van der Waals surface area contributed by atoms with Crippen LogP contribution in [0, 0.1) is 11.6 Å². The SMILES string of the molecule is CSc1sccc1S(=O)(=O)c1cc(Cl)c2ncn(Cc3c(F)cccc3F)c2c1. The van der Waals surface area contributed by atoms with Gasteiger partial charge in [-0.3, -0.25) is 0 Å². The molecule has 0 spiro atoms. The summed E-state index contributed by atoms with van der Waals surface area (Å²) in [7, 11) is -3.82. The summed E-state index contributed by atoms with van der Waals surface area (Å²) in [6.07, 6.45) is 3.19. The third-order valence-corrected chi connectivity index (χ3v) is 8.83. The van der Waals surface area contributed by atoms with Crippen molar-refractivity contribution in [2.45, 2.75) is 20.5 Å². The Balaban J connectivity index is 1.86. The predicted molar refractivity (Wildman–Crippen MR) is 112 cm³/mol. The molecular formula is C19H13ClF2N2O2S3. The van der Waals surface area contributed by atoms with Crippen molar-refractivity contribution in [2.24, 2.45) is 0 Å². The lowest BCUT2D eigenvalue weighted by atomic mass is 10.2. The fraction of sp³-hybridized carbons (Fsp3) is 0.105. The molecule has 0 bridgehead atoms. The summed E-state index contributed by atoms with van der Waals surface area (Å²) in [5.74, 6) is -1.38. The maximum atomic E-state index is 14.1. The molecule has 2 heterocycles. The maximum absolute atomic E-state index is 14.1. The fourth-order valence-electron chi connectivity index (χ4n) is 2.99. The molecule has 4 rings (SSSR count). The molecular weight excluding hydrogens is 458 g/mol. The van der Waals surface area contributed by atoms with Crippen molar-refractivity contribution in [3.05, 3.63) is 70.3 Å². The number of halogens is 3. The van der Waals surface area contributed by atoms with Crippen molar-refractivity contribution in [1.82, 2.24) is 9.55 Å². The molecule has 10 heteroatoms. The van der Waals surface area contributed by atoms with Gasteiger partial charge in [0.25, 0.3) is 0 Å². The van der Waals surface area contributed by atoms with Gasteiger partial charge in [-0.2, -0.15) is 0 Å². The van der Waals surface area contributed by atoms with Crippen LogP contribution in [0.3, 0.4) is 0 Å². The average molecular weight is 471 g/mol. The Morgan fingerprint density at radius 1 is 1.21 bits per heavy atom. The van der Waals surface area contributed by atoms with Crippen LogP contribution in [-0.4, -0.2) is 24.2 Å². The van der Waals surface area contributed by atoms with Crippen molar-refractivity contribution in [2.75, 3.05) is 6.26 Å². The molecule has 0 aliphatic carbocycles. The molecule has 0 atom stereocenters. The largest absolute Gasteiger partial charge is 0.326 e. The first-order valence-corrected chi connectivity index (χ1v) is 12.2. The third kappa shape index (κ3) is 3.56. The Kier molecular flexibility index (Phi) is 5.41. The molecule has 0 N–H and O–H groups in total. The van der Waals surface area contributed by atoms with Crippen molar-refractivity contribution in [3.63, 3.8) is 0 Å². The Bertz CT molecular complexity index is 1310. The van der Waals surface area contributed by atoms with Crippen LogP contribution in [-0.2, 0) is 16.4 Å². The molecule has 150 valence electrons. The van der Waals surface area contributed by atoms with Crippen LogP contribution >= 0.6 is 34.7 Å². The van der Waals surface area contributed by atoms with E-state index >= 15 is 0 Å². The predicted octanol–water partition coefficient (Wildman–Crippen LogP) is 5.63. The van der Waals surface area contributed by atoms with Gasteiger partial charge in [0.1, 0.15) is 17.2 Å². The third-order valence-electron chi connectivity index (χ3n) is 4.42. The number of imidazole rings is 1. The minimum Gasteiger partial charge on any atom is -0.326 e. The van der Waals surface area contributed by atoms with Crippen LogP contribution in [0.5, 0.6) is 0 Å². The Morgan fingerprint density at radius 3 is 2.62 bits per heavy atom. The minimum atomic E-state index is -3.82. The monoisotopic (exact) mass is 470 g/mol. The number of thiophene rings is 1. The first kappa shape index (κ1) is 20.3. The van der Waals surface area contributed by atoms with Crippen molar-refractivity contribution in [3.8, 4) is 0 Å². The Hall–Kier alpha value is -1.94. The second kappa shape index (κ2) is 7.71. The Morgan fingerprint density at radius 2 is 1.93 bits per heavy atom. The van der Waals surface area contributed by atoms with Crippen LogP contribution in [0.1, 0.15) is 5.56 Å². The van der Waals surface area contributed by atoms with Gasteiger partial charge in [0.05, 0.1) is 37.4 Å². The summed E-state index contributed by atoms with van der Waals surface area (Å²) in [6, 6.07) is 7.95. The van der Waals surface area contributed by atoms with Crippen LogP contribution < -0.4 is 0 Å². The lowest BCUT2D eigenvalue weighted by Crippen LogP contribution is -2.05. The lowest BCUT2D eigenvalue weighted by molar-refractivity contribution is 0.546. The van der Waals surface area contributed by atoms with Gasteiger partial charge in [0.2, 0.25) is 9.84 Å². The molecule has 4 aromatic rings. The van der Waals surface area contributed by atoms with Crippen molar-refractivity contribution in [1.29, 1.82) is 0 Å². The minimum absolute atomic E-state index is 0.000504. The highest BCUT2D eigenvalue weighted by molar-refractivity contribution is 8.01. The zero-order valence-corrected chi connectivity index (χ0v) is 18.1. The highest BCUT2D eigenvalue weighted by Gasteiger charge is 2.24. The fourth-order valence-corrected chi connectivity index (χ4v) is 7.05. The summed E-state index contributed by atoms with van der Waals surface area (Å²) in [4.78, 5) is 4.39. The number of hydrogen-bond donors (Lipinski definition) is 0. The molecule has 4 nitrogen and oxygen atoms in total. The number of thioether (sulfide) groups is 1. The number of benzene rings is 2. The number of hydrogen-bond acceptors (Lipinski definition) is 5. The van der Waals surface area contributed by atoms with Gasteiger partial charge >= 0.3 is 0 Å². The summed E-state index contributed by atoms with van der Waals surface area (Å²) >= 11 is 8.98. The maximum Gasteiger partial charge on any atom is 0.208 e. The Labute approximate surface area is 179 Å². The molecule has 0 saturated heterocycles. The molecule has 0 unspecified atom stereocenters. The number of rotatable bonds is 5. The topological polar surface area (TPSA) is 52.0 Å². The van der Waals surface area contributed by atoms with E-state index in [1.807, 2.05) is 0 Å². The van der Waals surface area contributed by atoms with Gasteiger partial charge in [-0.15, -0.1) is 23.1 Å². The molecule has 2 aromatic carbocycles. The van der Waals surface area contributed by atoms with Crippen molar-refractivity contribution < 1.29 is 17.2 Å². The number of nitrogens with zero attached hydrogens (tertiary/aromatic N) is 2. The molecule has 0 saturated carbocycles. The second-order valence-corrected chi connectivity index (χ2v) is 10.4. The molecule has 2 aromatic heterocycles. The van der Waals surface area contributed by atoms with Gasteiger partial charge in [0, 0.05) is 5.56 Å². The van der Waals surface area contributed by atoms with E-state index in [1.165, 1.54) is 64.3 Å². The van der Waals surface area contributed by atoms with Crippen LogP contribution in [0.2, 0.25) is 5.02 Å². The van der Waals surface area contributed by atoms with E-state index < -0.39 is 21.5 Å². The summed E-state index contributed by atoms with van der Waals surface area (Å²) in [6.45, 7) is -0.149. The van der Waals surface area contributed by atoms with E-state index in [9.17, 15) is 17.2 Å². The highest BCUT2D eigenvalue weighted by atomic mass is 35.5. The quantitative estimate of drug-likeness (QED) is 0.354. The van der Waals surface area contributed by atoms with E-state index in [2.05, 4.69) is 4.98 Å². The number of aromatic nitrogens is 2. The second-order valence-electron chi connectivity index (χ2n) is 6.13. The first-order chi connectivity index (χ1) is 13.8. The van der Waals surface area contributed by atoms with Gasteiger partial charge in [-0.1, -0.05) is 17.7 Å². The van der Waals surface area contributed by atoms with Crippen LogP contribution in [0.15, 0.2) is 62.1 Å². The van der Waals surface area contributed by atoms with E-state index in [0.29, 0.717) is 15.2 Å². The summed E-state index contributed by atoms with van der Waals surface area (Å²) in [5.41, 5.74) is 0.594. The smallest absolute Gasteiger partial charge is 0.208 e. The van der Waals surface area contributed by atoms with E-state index in [4.69, 9.17) is 11.6 Å². The molecule has 0 aliphatic heterocycles. The van der Waals surface area contributed by atoms with E-state index in [0.717, 1.165) is 0 Å². The molecule has 0 amide bonds. The summed E-state index contributed by atoms with van der Waals surface area (Å²) < 4.78 is 56.6. The number of fused-ring (bicyclic) bond motifs is 1. The average Bonchev–Trinajstić information content (AvgIpc) is 3.32. The van der Waals surface area contributed by atoms with Crippen molar-refractivity contribution >= 4 is 55.6 Å². The van der Waals surface area contributed by atoms with Gasteiger partial charge in [-0.05, 0) is 42.0 Å². The van der Waals surface area contributed by atoms with E-state index in [-0.39, 0.29) is 26.9 Å². The first-order valence-electron chi connectivity index (χ1n) is 8.26.